The van der Waals surface area contributed by atoms with Gasteiger partial charge < -0.3 is 5.32 Å². The molecule has 27 heavy (non-hydrogen) atoms. The lowest BCUT2D eigenvalue weighted by Gasteiger charge is -2.27. The van der Waals surface area contributed by atoms with E-state index >= 15 is 0 Å². The zero-order valence-corrected chi connectivity index (χ0v) is 16.3. The molecule has 0 bridgehead atoms. The number of benzene rings is 1. The molecule has 1 saturated carbocycles. The second-order valence-electron chi connectivity index (χ2n) is 7.31. The minimum absolute atomic E-state index is 0.0122. The first-order chi connectivity index (χ1) is 13.3. The predicted molar refractivity (Wildman–Crippen MR) is 104 cm³/mol. The molecule has 7 nitrogen and oxygen atoms in total. The van der Waals surface area contributed by atoms with E-state index in [1.54, 1.807) is 0 Å². The highest BCUT2D eigenvalue weighted by Crippen LogP contribution is 2.36. The summed E-state index contributed by atoms with van der Waals surface area (Å²) in [5.74, 6) is 0.347. The quantitative estimate of drug-likeness (QED) is 0.702. The van der Waals surface area contributed by atoms with E-state index < -0.39 is 0 Å². The van der Waals surface area contributed by atoms with Gasteiger partial charge in [0.15, 0.2) is 0 Å². The molecule has 1 saturated heterocycles. The second kappa shape index (κ2) is 8.84. The number of hydrogen-bond donors (Lipinski definition) is 1. The molecule has 0 spiro atoms. The number of nitrogens with zero attached hydrogens (tertiary/aromatic N) is 5. The molecule has 2 aromatic rings. The number of rotatable bonds is 8. The molecule has 144 valence electrons. The topological polar surface area (TPSA) is 75.9 Å². The molecular weight excluding hydrogens is 360 g/mol. The van der Waals surface area contributed by atoms with E-state index in [-0.39, 0.29) is 5.91 Å². The Labute approximate surface area is 163 Å². The van der Waals surface area contributed by atoms with Crippen molar-refractivity contribution in [2.45, 2.75) is 56.4 Å². The summed E-state index contributed by atoms with van der Waals surface area (Å²) in [6, 6.07) is 8.83. The fourth-order valence-electron chi connectivity index (χ4n) is 3.45. The van der Waals surface area contributed by atoms with E-state index in [1.807, 2.05) is 10.7 Å². The summed E-state index contributed by atoms with van der Waals surface area (Å²) in [5, 5.41) is 15.6. The predicted octanol–water partition coefficient (Wildman–Crippen LogP) is 2.40. The van der Waals surface area contributed by atoms with Crippen molar-refractivity contribution in [1.29, 1.82) is 0 Å². The van der Waals surface area contributed by atoms with Crippen LogP contribution < -0.4 is 5.32 Å². The van der Waals surface area contributed by atoms with Gasteiger partial charge in [-0.05, 0) is 60.3 Å². The summed E-state index contributed by atoms with van der Waals surface area (Å²) in [4.78, 5) is 14.8. The maximum absolute atomic E-state index is 12.3. The fourth-order valence-corrected chi connectivity index (χ4v) is 4.22. The van der Waals surface area contributed by atoms with Gasteiger partial charge in [-0.2, -0.15) is 0 Å². The number of aromatic nitrogens is 4. The Bertz CT molecular complexity index is 769. The van der Waals surface area contributed by atoms with Gasteiger partial charge in [-0.3, -0.25) is 9.69 Å². The number of carbonyl (C=O) groups excluding carboxylic acids is 1. The standard InChI is InChI=1S/C19H26N6OS/c26-18(14-27-19-21-22-23-25(19)17-8-9-17)20-12-15-6-2-3-7-16(15)13-24-10-4-1-5-11-24/h2-3,6-7,17H,1,4-5,8-14H2,(H,20,26). The highest BCUT2D eigenvalue weighted by Gasteiger charge is 2.28. The van der Waals surface area contributed by atoms with Crippen LogP contribution in [0.15, 0.2) is 29.4 Å². The summed E-state index contributed by atoms with van der Waals surface area (Å²) in [5.41, 5.74) is 2.51. The van der Waals surface area contributed by atoms with Crippen LogP contribution in [0, 0.1) is 0 Å². The van der Waals surface area contributed by atoms with Crippen molar-refractivity contribution in [2.24, 2.45) is 0 Å². The lowest BCUT2D eigenvalue weighted by atomic mass is 10.0. The number of tetrazole rings is 1. The molecule has 1 aromatic carbocycles. The van der Waals surface area contributed by atoms with Crippen LogP contribution in [0.4, 0.5) is 0 Å². The molecular formula is C19H26N6OS. The smallest absolute Gasteiger partial charge is 0.230 e. The molecule has 4 rings (SSSR count). The number of piperidine rings is 1. The van der Waals surface area contributed by atoms with Gasteiger partial charge in [-0.25, -0.2) is 4.68 Å². The minimum atomic E-state index is 0.0122. The molecule has 8 heteroatoms. The number of thioether (sulfide) groups is 1. The molecule has 2 aliphatic rings. The van der Waals surface area contributed by atoms with Crippen LogP contribution in [0.1, 0.15) is 49.3 Å². The van der Waals surface area contributed by atoms with Crippen LogP contribution in [0.5, 0.6) is 0 Å². The van der Waals surface area contributed by atoms with Crippen LogP contribution in [0.2, 0.25) is 0 Å². The van der Waals surface area contributed by atoms with Crippen molar-refractivity contribution in [3.8, 4) is 0 Å². The SMILES string of the molecule is O=C(CSc1nnnn1C1CC1)NCc1ccccc1CN1CCCCC1. The Hall–Kier alpha value is -1.93. The molecule has 1 N–H and O–H groups in total. The molecule has 0 atom stereocenters. The van der Waals surface area contributed by atoms with Crippen LogP contribution in [0.3, 0.4) is 0 Å². The largest absolute Gasteiger partial charge is 0.351 e. The zero-order chi connectivity index (χ0) is 18.5. The van der Waals surface area contributed by atoms with Crippen molar-refractivity contribution in [1.82, 2.24) is 30.4 Å². The Morgan fingerprint density at radius 2 is 1.93 bits per heavy atom. The van der Waals surface area contributed by atoms with E-state index in [4.69, 9.17) is 0 Å². The molecule has 2 fully saturated rings. The first-order valence-corrected chi connectivity index (χ1v) is 10.7. The lowest BCUT2D eigenvalue weighted by molar-refractivity contribution is -0.118. The Kier molecular flexibility index (Phi) is 6.03. The van der Waals surface area contributed by atoms with Crippen molar-refractivity contribution >= 4 is 17.7 Å². The summed E-state index contributed by atoms with van der Waals surface area (Å²) in [6.07, 6.45) is 6.17. The van der Waals surface area contributed by atoms with Crippen molar-refractivity contribution in [2.75, 3.05) is 18.8 Å². The van der Waals surface area contributed by atoms with E-state index in [0.29, 0.717) is 18.3 Å². The number of likely N-dealkylation sites (tertiary alicyclic amines) is 1. The molecule has 0 unspecified atom stereocenters. The summed E-state index contributed by atoms with van der Waals surface area (Å²) in [6.45, 7) is 3.88. The number of nitrogens with one attached hydrogen (secondary N) is 1. The zero-order valence-electron chi connectivity index (χ0n) is 15.5. The number of hydrogen-bond acceptors (Lipinski definition) is 6. The molecule has 1 amide bonds. The van der Waals surface area contributed by atoms with E-state index in [1.165, 1.54) is 55.2 Å². The Balaban J connectivity index is 1.27. The molecule has 2 heterocycles. The third-order valence-electron chi connectivity index (χ3n) is 5.12. The third kappa shape index (κ3) is 5.07. The summed E-state index contributed by atoms with van der Waals surface area (Å²) < 4.78 is 1.84. The summed E-state index contributed by atoms with van der Waals surface area (Å²) >= 11 is 1.40. The van der Waals surface area contributed by atoms with E-state index in [9.17, 15) is 4.79 Å². The van der Waals surface area contributed by atoms with Gasteiger partial charge in [-0.1, -0.05) is 42.4 Å². The molecule has 1 aliphatic carbocycles. The van der Waals surface area contributed by atoms with E-state index in [2.05, 4.69) is 43.9 Å². The van der Waals surface area contributed by atoms with Gasteiger partial charge in [0.1, 0.15) is 0 Å². The van der Waals surface area contributed by atoms with Gasteiger partial charge >= 0.3 is 0 Å². The van der Waals surface area contributed by atoms with Gasteiger partial charge in [0.25, 0.3) is 0 Å². The van der Waals surface area contributed by atoms with Gasteiger partial charge in [0.2, 0.25) is 11.1 Å². The highest BCUT2D eigenvalue weighted by molar-refractivity contribution is 7.99. The van der Waals surface area contributed by atoms with Crippen LogP contribution in [-0.2, 0) is 17.9 Å². The average molecular weight is 387 g/mol. The highest BCUT2D eigenvalue weighted by atomic mass is 32.2. The van der Waals surface area contributed by atoms with Crippen molar-refractivity contribution < 1.29 is 4.79 Å². The number of carbonyl (C=O) groups is 1. The first kappa shape index (κ1) is 18.4. The Morgan fingerprint density at radius 3 is 2.70 bits per heavy atom. The van der Waals surface area contributed by atoms with Gasteiger partial charge in [0.05, 0.1) is 11.8 Å². The average Bonchev–Trinajstić information content (AvgIpc) is 3.44. The Morgan fingerprint density at radius 1 is 1.15 bits per heavy atom. The van der Waals surface area contributed by atoms with Crippen LogP contribution in [-0.4, -0.2) is 49.9 Å². The maximum atomic E-state index is 12.3. The maximum Gasteiger partial charge on any atom is 0.230 e. The minimum Gasteiger partial charge on any atom is -0.351 e. The summed E-state index contributed by atoms with van der Waals surface area (Å²) in [7, 11) is 0. The third-order valence-corrected chi connectivity index (χ3v) is 6.06. The molecule has 0 radical (unpaired) electrons. The van der Waals surface area contributed by atoms with Gasteiger partial charge in [0, 0.05) is 13.1 Å². The normalized spacial score (nSPS) is 17.8. The fraction of sp³-hybridized carbons (Fsp3) is 0.579. The van der Waals surface area contributed by atoms with E-state index in [0.717, 1.165) is 24.5 Å². The second-order valence-corrected chi connectivity index (χ2v) is 8.25. The molecule has 1 aliphatic heterocycles. The van der Waals surface area contributed by atoms with Crippen LogP contribution >= 0.6 is 11.8 Å². The van der Waals surface area contributed by atoms with Crippen molar-refractivity contribution in [3.63, 3.8) is 0 Å². The van der Waals surface area contributed by atoms with Crippen molar-refractivity contribution in [3.05, 3.63) is 35.4 Å². The molecule has 1 aromatic heterocycles. The number of amides is 1. The first-order valence-electron chi connectivity index (χ1n) is 9.76. The monoisotopic (exact) mass is 386 g/mol. The lowest BCUT2D eigenvalue weighted by Crippen LogP contribution is -2.30. The van der Waals surface area contributed by atoms with Crippen LogP contribution in [0.25, 0.3) is 0 Å². The van der Waals surface area contributed by atoms with Gasteiger partial charge in [-0.15, -0.1) is 5.10 Å².